The molecule has 0 radical (unpaired) electrons. The van der Waals surface area contributed by atoms with Gasteiger partial charge in [-0.25, -0.2) is 9.78 Å². The van der Waals surface area contributed by atoms with Gasteiger partial charge in [-0.3, -0.25) is 0 Å². The third-order valence-electron chi connectivity index (χ3n) is 3.09. The summed E-state index contributed by atoms with van der Waals surface area (Å²) >= 11 is 0. The van der Waals surface area contributed by atoms with Crippen molar-refractivity contribution in [2.75, 3.05) is 14.2 Å². The molecule has 0 aliphatic carbocycles. The van der Waals surface area contributed by atoms with Crippen molar-refractivity contribution in [1.29, 1.82) is 0 Å². The quantitative estimate of drug-likeness (QED) is 0.857. The molecule has 2 aromatic rings. The molecule has 0 fully saturated rings. The van der Waals surface area contributed by atoms with Crippen LogP contribution >= 0.6 is 0 Å². The van der Waals surface area contributed by atoms with E-state index in [4.69, 9.17) is 9.47 Å². The minimum Gasteiger partial charge on any atom is -0.497 e. The van der Waals surface area contributed by atoms with Gasteiger partial charge in [0.2, 0.25) is 5.88 Å². The van der Waals surface area contributed by atoms with E-state index < -0.39 is 0 Å². The summed E-state index contributed by atoms with van der Waals surface area (Å²) in [6.07, 6.45) is 1.64. The van der Waals surface area contributed by atoms with E-state index in [1.165, 1.54) is 0 Å². The van der Waals surface area contributed by atoms with Crippen molar-refractivity contribution in [3.05, 3.63) is 53.7 Å². The Bertz CT molecular complexity index is 614. The number of hydrogen-bond donors (Lipinski definition) is 2. The first-order valence-electron chi connectivity index (χ1n) is 6.85. The van der Waals surface area contributed by atoms with Crippen molar-refractivity contribution in [2.45, 2.75) is 13.1 Å². The molecule has 0 saturated carbocycles. The lowest BCUT2D eigenvalue weighted by atomic mass is 10.2. The second-order valence-electron chi connectivity index (χ2n) is 4.56. The van der Waals surface area contributed by atoms with Crippen LogP contribution in [0.25, 0.3) is 0 Å². The van der Waals surface area contributed by atoms with Crippen molar-refractivity contribution in [2.24, 2.45) is 0 Å². The number of urea groups is 1. The average Bonchev–Trinajstić information content (AvgIpc) is 2.58. The lowest BCUT2D eigenvalue weighted by Gasteiger charge is -2.10. The number of hydrogen-bond acceptors (Lipinski definition) is 4. The smallest absolute Gasteiger partial charge is 0.315 e. The Hall–Kier alpha value is -2.76. The largest absolute Gasteiger partial charge is 0.497 e. The fourth-order valence-corrected chi connectivity index (χ4v) is 1.91. The van der Waals surface area contributed by atoms with Gasteiger partial charge in [-0.1, -0.05) is 18.2 Å². The monoisotopic (exact) mass is 301 g/mol. The van der Waals surface area contributed by atoms with Crippen LogP contribution < -0.4 is 20.1 Å². The second kappa shape index (κ2) is 7.87. The Morgan fingerprint density at radius 3 is 2.45 bits per heavy atom. The Morgan fingerprint density at radius 2 is 1.77 bits per heavy atom. The number of nitrogens with zero attached hydrogens (tertiary/aromatic N) is 1. The first kappa shape index (κ1) is 15.6. The molecule has 116 valence electrons. The predicted octanol–water partition coefficient (Wildman–Crippen LogP) is 2.10. The Balaban J connectivity index is 1.80. The molecular weight excluding hydrogens is 282 g/mol. The Kier molecular flexibility index (Phi) is 5.59. The zero-order valence-corrected chi connectivity index (χ0v) is 12.6. The Morgan fingerprint density at radius 1 is 1.05 bits per heavy atom. The molecule has 22 heavy (non-hydrogen) atoms. The molecule has 0 saturated heterocycles. The normalized spacial score (nSPS) is 9.91. The van der Waals surface area contributed by atoms with Crippen LogP contribution in [0.1, 0.15) is 11.1 Å². The molecular formula is C16H19N3O3. The van der Waals surface area contributed by atoms with Crippen LogP contribution in [0.4, 0.5) is 4.79 Å². The zero-order valence-electron chi connectivity index (χ0n) is 12.6. The number of ether oxygens (including phenoxy) is 2. The highest BCUT2D eigenvalue weighted by Crippen LogP contribution is 2.13. The highest BCUT2D eigenvalue weighted by Gasteiger charge is 2.05. The van der Waals surface area contributed by atoms with Gasteiger partial charge in [-0.15, -0.1) is 0 Å². The summed E-state index contributed by atoms with van der Waals surface area (Å²) in [4.78, 5) is 15.9. The summed E-state index contributed by atoms with van der Waals surface area (Å²) in [7, 11) is 3.17. The van der Waals surface area contributed by atoms with Gasteiger partial charge >= 0.3 is 6.03 Å². The van der Waals surface area contributed by atoms with Crippen molar-refractivity contribution in [3.8, 4) is 11.6 Å². The SMILES string of the molecule is COc1ccc(CNC(=O)NCc2cccnc2OC)cc1. The molecule has 0 aliphatic heterocycles. The van der Waals surface area contributed by atoms with E-state index in [-0.39, 0.29) is 6.03 Å². The van der Waals surface area contributed by atoms with E-state index in [1.54, 1.807) is 26.5 Å². The van der Waals surface area contributed by atoms with Crippen molar-refractivity contribution in [3.63, 3.8) is 0 Å². The number of nitrogens with one attached hydrogen (secondary N) is 2. The number of pyridine rings is 1. The minimum absolute atomic E-state index is 0.248. The summed E-state index contributed by atoms with van der Waals surface area (Å²) in [6.45, 7) is 0.797. The van der Waals surface area contributed by atoms with E-state index in [2.05, 4.69) is 15.6 Å². The second-order valence-corrected chi connectivity index (χ2v) is 4.56. The van der Waals surface area contributed by atoms with Crippen LogP contribution in [0.5, 0.6) is 11.6 Å². The fourth-order valence-electron chi connectivity index (χ4n) is 1.91. The molecule has 0 bridgehead atoms. The molecule has 2 amide bonds. The molecule has 0 aliphatic rings. The fraction of sp³-hybridized carbons (Fsp3) is 0.250. The predicted molar refractivity (Wildman–Crippen MR) is 82.9 cm³/mol. The van der Waals surface area contributed by atoms with Crippen molar-refractivity contribution < 1.29 is 14.3 Å². The first-order valence-corrected chi connectivity index (χ1v) is 6.85. The molecule has 0 unspecified atom stereocenters. The van der Waals surface area contributed by atoms with Crippen molar-refractivity contribution >= 4 is 6.03 Å². The summed E-state index contributed by atoms with van der Waals surface area (Å²) in [5.74, 6) is 1.30. The van der Waals surface area contributed by atoms with Gasteiger partial charge in [0, 0.05) is 24.8 Å². The lowest BCUT2D eigenvalue weighted by molar-refractivity contribution is 0.240. The molecule has 0 spiro atoms. The maximum atomic E-state index is 11.8. The molecule has 6 heteroatoms. The van der Waals surface area contributed by atoms with Crippen LogP contribution in [0, 0.1) is 0 Å². The number of benzene rings is 1. The molecule has 2 N–H and O–H groups in total. The molecule has 2 rings (SSSR count). The summed E-state index contributed by atoms with van der Waals surface area (Å²) in [6, 6.07) is 10.9. The van der Waals surface area contributed by atoms with Gasteiger partial charge in [-0.2, -0.15) is 0 Å². The minimum atomic E-state index is -0.248. The van der Waals surface area contributed by atoms with Gasteiger partial charge in [-0.05, 0) is 23.8 Å². The van der Waals surface area contributed by atoms with Crippen LogP contribution in [0.2, 0.25) is 0 Å². The third-order valence-corrected chi connectivity index (χ3v) is 3.09. The number of amides is 2. The number of carbonyl (C=O) groups excluding carboxylic acids is 1. The van der Waals surface area contributed by atoms with E-state index in [1.807, 2.05) is 30.3 Å². The van der Waals surface area contributed by atoms with Gasteiger partial charge in [0.05, 0.1) is 14.2 Å². The van der Waals surface area contributed by atoms with Crippen LogP contribution in [0.3, 0.4) is 0 Å². The molecule has 1 heterocycles. The molecule has 0 atom stereocenters. The van der Waals surface area contributed by atoms with E-state index in [0.29, 0.717) is 19.0 Å². The average molecular weight is 301 g/mol. The van der Waals surface area contributed by atoms with Crippen molar-refractivity contribution in [1.82, 2.24) is 15.6 Å². The standard InChI is InChI=1S/C16H19N3O3/c1-21-14-7-5-12(6-8-14)10-18-16(20)19-11-13-4-3-9-17-15(13)22-2/h3-9H,10-11H2,1-2H3,(H2,18,19,20). The molecule has 6 nitrogen and oxygen atoms in total. The van der Waals surface area contributed by atoms with E-state index in [0.717, 1.165) is 16.9 Å². The number of aromatic nitrogens is 1. The third kappa shape index (κ3) is 4.37. The lowest BCUT2D eigenvalue weighted by Crippen LogP contribution is -2.34. The summed E-state index contributed by atoms with van der Waals surface area (Å²) in [5.41, 5.74) is 1.82. The van der Waals surface area contributed by atoms with Crippen LogP contribution in [-0.2, 0) is 13.1 Å². The maximum Gasteiger partial charge on any atom is 0.315 e. The van der Waals surface area contributed by atoms with Gasteiger partial charge in [0.15, 0.2) is 0 Å². The number of methoxy groups -OCH3 is 2. The molecule has 1 aromatic heterocycles. The number of carbonyl (C=O) groups is 1. The maximum absolute atomic E-state index is 11.8. The van der Waals surface area contributed by atoms with Crippen LogP contribution in [-0.4, -0.2) is 25.2 Å². The van der Waals surface area contributed by atoms with Gasteiger partial charge < -0.3 is 20.1 Å². The highest BCUT2D eigenvalue weighted by atomic mass is 16.5. The van der Waals surface area contributed by atoms with E-state index in [9.17, 15) is 4.79 Å². The molecule has 1 aromatic carbocycles. The van der Waals surface area contributed by atoms with E-state index >= 15 is 0 Å². The van der Waals surface area contributed by atoms with Crippen LogP contribution in [0.15, 0.2) is 42.6 Å². The zero-order chi connectivity index (χ0) is 15.8. The topological polar surface area (TPSA) is 72.5 Å². The highest BCUT2D eigenvalue weighted by molar-refractivity contribution is 5.73. The van der Waals surface area contributed by atoms with Gasteiger partial charge in [0.25, 0.3) is 0 Å². The number of rotatable bonds is 6. The first-order chi connectivity index (χ1) is 10.7. The van der Waals surface area contributed by atoms with Gasteiger partial charge in [0.1, 0.15) is 5.75 Å². The summed E-state index contributed by atoms with van der Waals surface area (Å²) in [5, 5.41) is 5.56. The Labute approximate surface area is 129 Å². The summed E-state index contributed by atoms with van der Waals surface area (Å²) < 4.78 is 10.2.